The second kappa shape index (κ2) is 4.06. The summed E-state index contributed by atoms with van der Waals surface area (Å²) < 4.78 is 1.67. The van der Waals surface area contributed by atoms with Crippen LogP contribution >= 0.6 is 0 Å². The number of likely N-dealkylation sites (tertiary alicyclic amines) is 1. The standard InChI is InChI=1S/C12H14N4O2/c1-15-11-3-2-8(6-10(11)13-14-15)12(18)16-5-4-9(17)7-16/h2-3,6,9,17H,4-5,7H2,1H3/t9-/m1/s1. The van der Waals surface area contributed by atoms with Gasteiger partial charge in [0.25, 0.3) is 5.91 Å². The average molecular weight is 246 g/mol. The van der Waals surface area contributed by atoms with Crippen LogP contribution in [0.1, 0.15) is 16.8 Å². The van der Waals surface area contributed by atoms with Gasteiger partial charge in [0, 0.05) is 25.7 Å². The molecule has 1 atom stereocenters. The maximum absolute atomic E-state index is 12.2. The predicted molar refractivity (Wildman–Crippen MR) is 65.0 cm³/mol. The highest BCUT2D eigenvalue weighted by Crippen LogP contribution is 2.17. The number of hydrogen-bond donors (Lipinski definition) is 1. The highest BCUT2D eigenvalue weighted by molar-refractivity contribution is 5.97. The third-order valence-electron chi connectivity index (χ3n) is 3.31. The Morgan fingerprint density at radius 2 is 2.33 bits per heavy atom. The van der Waals surface area contributed by atoms with Gasteiger partial charge in [0.1, 0.15) is 5.52 Å². The fourth-order valence-corrected chi connectivity index (χ4v) is 2.28. The molecule has 0 bridgehead atoms. The minimum atomic E-state index is -0.394. The zero-order chi connectivity index (χ0) is 12.7. The number of carbonyl (C=O) groups excluding carboxylic acids is 1. The molecule has 0 radical (unpaired) electrons. The number of amides is 1. The van der Waals surface area contributed by atoms with E-state index in [4.69, 9.17) is 0 Å². The lowest BCUT2D eigenvalue weighted by molar-refractivity contribution is 0.0765. The molecule has 18 heavy (non-hydrogen) atoms. The molecule has 1 aliphatic rings. The number of aliphatic hydroxyl groups excluding tert-OH is 1. The first kappa shape index (κ1) is 11.2. The Bertz CT molecular complexity index is 607. The van der Waals surface area contributed by atoms with E-state index < -0.39 is 6.10 Å². The van der Waals surface area contributed by atoms with Crippen LogP contribution in [0.25, 0.3) is 11.0 Å². The molecule has 94 valence electrons. The SMILES string of the molecule is Cn1nnc2cc(C(=O)N3CC[C@@H](O)C3)ccc21. The van der Waals surface area contributed by atoms with Gasteiger partial charge in [-0.2, -0.15) is 0 Å². The third-order valence-corrected chi connectivity index (χ3v) is 3.31. The second-order valence-corrected chi connectivity index (χ2v) is 4.61. The van der Waals surface area contributed by atoms with Gasteiger partial charge in [-0.3, -0.25) is 4.79 Å². The van der Waals surface area contributed by atoms with Crippen molar-refractivity contribution in [3.05, 3.63) is 23.8 Å². The molecule has 1 amide bonds. The van der Waals surface area contributed by atoms with Gasteiger partial charge in [-0.1, -0.05) is 5.21 Å². The van der Waals surface area contributed by atoms with Crippen LogP contribution in [0.4, 0.5) is 0 Å². The van der Waals surface area contributed by atoms with E-state index in [-0.39, 0.29) is 5.91 Å². The molecule has 6 heteroatoms. The molecular weight excluding hydrogens is 232 g/mol. The van der Waals surface area contributed by atoms with Crippen molar-refractivity contribution in [2.24, 2.45) is 7.05 Å². The first-order valence-corrected chi connectivity index (χ1v) is 5.92. The van der Waals surface area contributed by atoms with Crippen molar-refractivity contribution in [1.29, 1.82) is 0 Å². The quantitative estimate of drug-likeness (QED) is 0.779. The number of rotatable bonds is 1. The molecule has 1 aromatic carbocycles. The van der Waals surface area contributed by atoms with E-state index in [2.05, 4.69) is 10.3 Å². The number of fused-ring (bicyclic) bond motifs is 1. The predicted octanol–water partition coefficient (Wildman–Crippen LogP) is 0.175. The van der Waals surface area contributed by atoms with Crippen LogP contribution in [0, 0.1) is 0 Å². The molecule has 1 aliphatic heterocycles. The first-order valence-electron chi connectivity index (χ1n) is 5.92. The minimum Gasteiger partial charge on any atom is -0.391 e. The Morgan fingerprint density at radius 3 is 3.06 bits per heavy atom. The molecule has 2 heterocycles. The smallest absolute Gasteiger partial charge is 0.254 e. The topological polar surface area (TPSA) is 71.2 Å². The van der Waals surface area contributed by atoms with Crippen molar-refractivity contribution in [3.63, 3.8) is 0 Å². The number of aliphatic hydroxyl groups is 1. The van der Waals surface area contributed by atoms with E-state index in [9.17, 15) is 9.90 Å². The molecular formula is C12H14N4O2. The van der Waals surface area contributed by atoms with Gasteiger partial charge in [0.05, 0.1) is 11.6 Å². The monoisotopic (exact) mass is 246 g/mol. The summed E-state index contributed by atoms with van der Waals surface area (Å²) in [7, 11) is 1.81. The molecule has 1 aromatic heterocycles. The van der Waals surface area contributed by atoms with Crippen molar-refractivity contribution in [1.82, 2.24) is 19.9 Å². The van der Waals surface area contributed by atoms with Gasteiger partial charge < -0.3 is 10.0 Å². The number of nitrogens with zero attached hydrogens (tertiary/aromatic N) is 4. The summed E-state index contributed by atoms with van der Waals surface area (Å²) in [5, 5.41) is 17.4. The second-order valence-electron chi connectivity index (χ2n) is 4.61. The number of aromatic nitrogens is 3. The largest absolute Gasteiger partial charge is 0.391 e. The molecule has 0 saturated carbocycles. The van der Waals surface area contributed by atoms with Crippen LogP contribution in [0.2, 0.25) is 0 Å². The van der Waals surface area contributed by atoms with Gasteiger partial charge in [0.2, 0.25) is 0 Å². The fraction of sp³-hybridized carbons (Fsp3) is 0.417. The normalized spacial score (nSPS) is 19.7. The lowest BCUT2D eigenvalue weighted by Gasteiger charge is -2.15. The van der Waals surface area contributed by atoms with Gasteiger partial charge >= 0.3 is 0 Å². The zero-order valence-corrected chi connectivity index (χ0v) is 10.1. The summed E-state index contributed by atoms with van der Waals surface area (Å²) in [6, 6.07) is 5.36. The van der Waals surface area contributed by atoms with E-state index in [0.29, 0.717) is 30.6 Å². The van der Waals surface area contributed by atoms with E-state index in [1.165, 1.54) is 0 Å². The Hall–Kier alpha value is -1.95. The highest BCUT2D eigenvalue weighted by atomic mass is 16.3. The summed E-state index contributed by atoms with van der Waals surface area (Å²) in [6.45, 7) is 1.02. The summed E-state index contributed by atoms with van der Waals surface area (Å²) >= 11 is 0. The molecule has 1 saturated heterocycles. The Kier molecular flexibility index (Phi) is 2.52. The lowest BCUT2D eigenvalue weighted by Crippen LogP contribution is -2.29. The van der Waals surface area contributed by atoms with Crippen molar-refractivity contribution in [2.45, 2.75) is 12.5 Å². The number of β-amino-alcohol motifs (C(OH)–C–C–N with tert-alkyl or cyclic N) is 1. The van der Waals surface area contributed by atoms with Crippen LogP contribution in [-0.2, 0) is 7.05 Å². The number of carbonyl (C=O) groups is 1. The van der Waals surface area contributed by atoms with E-state index in [1.54, 1.807) is 21.7 Å². The van der Waals surface area contributed by atoms with Gasteiger partial charge in [-0.25, -0.2) is 4.68 Å². The number of hydrogen-bond acceptors (Lipinski definition) is 4. The van der Waals surface area contributed by atoms with Crippen LogP contribution in [-0.4, -0.2) is 50.1 Å². The van der Waals surface area contributed by atoms with E-state index in [1.807, 2.05) is 13.1 Å². The summed E-state index contributed by atoms with van der Waals surface area (Å²) in [5.74, 6) is -0.0564. The minimum absolute atomic E-state index is 0.0564. The molecule has 0 unspecified atom stereocenters. The lowest BCUT2D eigenvalue weighted by atomic mass is 10.2. The van der Waals surface area contributed by atoms with Crippen molar-refractivity contribution >= 4 is 16.9 Å². The Labute approximate surface area is 104 Å². The zero-order valence-electron chi connectivity index (χ0n) is 10.1. The molecule has 2 aromatic rings. The van der Waals surface area contributed by atoms with Gasteiger partial charge in [0.15, 0.2) is 0 Å². The highest BCUT2D eigenvalue weighted by Gasteiger charge is 2.25. The molecule has 0 spiro atoms. The number of benzene rings is 1. The third kappa shape index (κ3) is 1.74. The summed E-state index contributed by atoms with van der Waals surface area (Å²) in [4.78, 5) is 13.9. The molecule has 6 nitrogen and oxygen atoms in total. The van der Waals surface area contributed by atoms with Crippen LogP contribution < -0.4 is 0 Å². The maximum atomic E-state index is 12.2. The van der Waals surface area contributed by atoms with Crippen LogP contribution in [0.15, 0.2) is 18.2 Å². The van der Waals surface area contributed by atoms with E-state index >= 15 is 0 Å². The molecule has 0 aliphatic carbocycles. The first-order chi connectivity index (χ1) is 8.65. The molecule has 1 N–H and O–H groups in total. The van der Waals surface area contributed by atoms with E-state index in [0.717, 1.165) is 5.52 Å². The summed E-state index contributed by atoms with van der Waals surface area (Å²) in [6.07, 6.45) is 0.258. The Morgan fingerprint density at radius 1 is 1.50 bits per heavy atom. The van der Waals surface area contributed by atoms with Crippen molar-refractivity contribution < 1.29 is 9.90 Å². The maximum Gasteiger partial charge on any atom is 0.254 e. The fourth-order valence-electron chi connectivity index (χ4n) is 2.28. The number of aryl methyl sites for hydroxylation is 1. The molecule has 1 fully saturated rings. The Balaban J connectivity index is 1.92. The summed E-state index contributed by atoms with van der Waals surface area (Å²) in [5.41, 5.74) is 2.20. The van der Waals surface area contributed by atoms with Crippen LogP contribution in [0.5, 0.6) is 0 Å². The van der Waals surface area contributed by atoms with Crippen LogP contribution in [0.3, 0.4) is 0 Å². The average Bonchev–Trinajstić information content (AvgIpc) is 2.95. The van der Waals surface area contributed by atoms with Gasteiger partial charge in [-0.15, -0.1) is 5.10 Å². The van der Waals surface area contributed by atoms with Crippen molar-refractivity contribution in [2.75, 3.05) is 13.1 Å². The molecule has 3 rings (SSSR count). The van der Waals surface area contributed by atoms with Crippen molar-refractivity contribution in [3.8, 4) is 0 Å². The van der Waals surface area contributed by atoms with Gasteiger partial charge in [-0.05, 0) is 24.6 Å².